The monoisotopic (exact) mass is 309 g/mol. The Morgan fingerprint density at radius 2 is 2.33 bits per heavy atom. The quantitative estimate of drug-likeness (QED) is 0.773. The topological polar surface area (TPSA) is 107 Å². The number of methoxy groups -OCH3 is 1. The maximum Gasteiger partial charge on any atom is 0.280 e. The van der Waals surface area contributed by atoms with Crippen molar-refractivity contribution in [2.24, 2.45) is 0 Å². The van der Waals surface area contributed by atoms with Gasteiger partial charge < -0.3 is 10.1 Å². The minimum atomic E-state index is -0.460. The van der Waals surface area contributed by atoms with Crippen LogP contribution in [0, 0.1) is 0 Å². The van der Waals surface area contributed by atoms with E-state index in [1.165, 1.54) is 13.2 Å². The van der Waals surface area contributed by atoms with Gasteiger partial charge in [0.1, 0.15) is 5.15 Å². The summed E-state index contributed by atoms with van der Waals surface area (Å²) in [5, 5.41) is 13.6. The lowest BCUT2D eigenvalue weighted by molar-refractivity contribution is 0.102. The fourth-order valence-corrected chi connectivity index (χ4v) is 1.92. The molecule has 3 heterocycles. The van der Waals surface area contributed by atoms with Gasteiger partial charge in [0.2, 0.25) is 11.8 Å². The van der Waals surface area contributed by atoms with Crippen LogP contribution < -0.4 is 15.4 Å². The van der Waals surface area contributed by atoms with Gasteiger partial charge in [-0.3, -0.25) is 10.1 Å². The summed E-state index contributed by atoms with van der Waals surface area (Å²) in [7, 11) is 1.45. The number of amides is 1. The van der Waals surface area contributed by atoms with Crippen LogP contribution in [-0.2, 0) is 0 Å². The van der Waals surface area contributed by atoms with E-state index >= 15 is 0 Å². The first-order valence-corrected chi connectivity index (χ1v) is 6.56. The van der Waals surface area contributed by atoms with E-state index in [-0.39, 0.29) is 28.7 Å². The van der Waals surface area contributed by atoms with Crippen LogP contribution in [0.2, 0.25) is 5.15 Å². The summed E-state index contributed by atoms with van der Waals surface area (Å²) in [5.74, 6) is -0.156. The molecule has 0 saturated carbocycles. The summed E-state index contributed by atoms with van der Waals surface area (Å²) >= 11 is 5.81. The first-order valence-electron chi connectivity index (χ1n) is 6.18. The number of anilines is 1. The number of aromatic nitrogens is 5. The van der Waals surface area contributed by atoms with E-state index in [1.807, 2.05) is 0 Å². The van der Waals surface area contributed by atoms with E-state index < -0.39 is 5.91 Å². The van der Waals surface area contributed by atoms with Crippen molar-refractivity contribution < 1.29 is 9.53 Å². The van der Waals surface area contributed by atoms with Crippen LogP contribution in [0.5, 0.6) is 5.88 Å². The number of rotatable bonds is 4. The molecule has 21 heavy (non-hydrogen) atoms. The Balaban J connectivity index is 1.73. The number of carbonyl (C=O) groups is 1. The smallest absolute Gasteiger partial charge is 0.280 e. The van der Waals surface area contributed by atoms with Crippen LogP contribution in [0.4, 0.5) is 5.95 Å². The molecule has 1 aliphatic rings. The van der Waals surface area contributed by atoms with Gasteiger partial charge in [-0.05, 0) is 0 Å². The fraction of sp³-hybridized carbons (Fsp3) is 0.364. The molecule has 3 rings (SSSR count). The molecule has 2 N–H and O–H groups in total. The molecule has 2 aromatic rings. The molecule has 0 spiro atoms. The number of hydrogen-bond donors (Lipinski definition) is 2. The van der Waals surface area contributed by atoms with Gasteiger partial charge in [0.25, 0.3) is 5.91 Å². The molecule has 0 bridgehead atoms. The van der Waals surface area contributed by atoms with Crippen LogP contribution in [0.1, 0.15) is 16.5 Å². The summed E-state index contributed by atoms with van der Waals surface area (Å²) < 4.78 is 6.61. The van der Waals surface area contributed by atoms with Gasteiger partial charge in [0.15, 0.2) is 5.69 Å². The SMILES string of the molecule is COc1cc(Cl)nc(NC(=O)c2cn(C3CNC3)nn2)n1. The number of nitrogens with one attached hydrogen (secondary N) is 2. The summed E-state index contributed by atoms with van der Waals surface area (Å²) in [6.07, 6.45) is 1.59. The minimum absolute atomic E-state index is 0.0456. The van der Waals surface area contributed by atoms with Gasteiger partial charge in [0.05, 0.1) is 19.3 Å². The number of carbonyl (C=O) groups excluding carboxylic acids is 1. The van der Waals surface area contributed by atoms with E-state index in [4.69, 9.17) is 16.3 Å². The molecule has 0 atom stereocenters. The minimum Gasteiger partial charge on any atom is -0.481 e. The molecule has 0 aromatic carbocycles. The van der Waals surface area contributed by atoms with Gasteiger partial charge in [0, 0.05) is 19.2 Å². The zero-order valence-corrected chi connectivity index (χ0v) is 11.8. The standard InChI is InChI=1S/C11H12ClN7O2/c1-21-9-2-8(12)14-11(15-9)16-10(20)7-5-19(18-17-7)6-3-13-4-6/h2,5-6,13H,3-4H2,1H3,(H,14,15,16,20). The highest BCUT2D eigenvalue weighted by molar-refractivity contribution is 6.29. The third-order valence-corrected chi connectivity index (χ3v) is 3.18. The van der Waals surface area contributed by atoms with E-state index in [1.54, 1.807) is 10.9 Å². The molecule has 1 aliphatic heterocycles. The predicted molar refractivity (Wildman–Crippen MR) is 73.5 cm³/mol. The van der Waals surface area contributed by atoms with Gasteiger partial charge in [-0.15, -0.1) is 5.10 Å². The lowest BCUT2D eigenvalue weighted by Gasteiger charge is -2.26. The lowest BCUT2D eigenvalue weighted by atomic mass is 10.2. The Morgan fingerprint density at radius 3 is 3.00 bits per heavy atom. The summed E-state index contributed by atoms with van der Waals surface area (Å²) in [6.45, 7) is 1.64. The Kier molecular flexibility index (Phi) is 3.67. The average molecular weight is 310 g/mol. The zero-order chi connectivity index (χ0) is 14.8. The molecule has 1 fully saturated rings. The second-order valence-electron chi connectivity index (χ2n) is 4.41. The van der Waals surface area contributed by atoms with Crippen molar-refractivity contribution in [2.75, 3.05) is 25.5 Å². The van der Waals surface area contributed by atoms with Crippen molar-refractivity contribution in [2.45, 2.75) is 6.04 Å². The van der Waals surface area contributed by atoms with Gasteiger partial charge in [-0.1, -0.05) is 16.8 Å². The molecule has 0 radical (unpaired) electrons. The Labute approximate surface area is 124 Å². The average Bonchev–Trinajstić information content (AvgIpc) is 2.85. The van der Waals surface area contributed by atoms with E-state index in [9.17, 15) is 4.79 Å². The highest BCUT2D eigenvalue weighted by Crippen LogP contribution is 2.16. The molecule has 0 unspecified atom stereocenters. The van der Waals surface area contributed by atoms with E-state index in [0.29, 0.717) is 0 Å². The number of halogens is 1. The highest BCUT2D eigenvalue weighted by Gasteiger charge is 2.22. The maximum absolute atomic E-state index is 12.1. The second-order valence-corrected chi connectivity index (χ2v) is 4.79. The van der Waals surface area contributed by atoms with E-state index in [0.717, 1.165) is 13.1 Å². The second kappa shape index (κ2) is 5.62. The lowest BCUT2D eigenvalue weighted by Crippen LogP contribution is -2.43. The van der Waals surface area contributed by atoms with Crippen LogP contribution in [0.15, 0.2) is 12.3 Å². The zero-order valence-electron chi connectivity index (χ0n) is 11.1. The third-order valence-electron chi connectivity index (χ3n) is 2.98. The third kappa shape index (κ3) is 2.93. The van der Waals surface area contributed by atoms with Crippen LogP contribution in [-0.4, -0.2) is 51.1 Å². The predicted octanol–water partition coefficient (Wildman–Crippen LogP) is 0.127. The summed E-state index contributed by atoms with van der Waals surface area (Å²) in [6, 6.07) is 1.68. The summed E-state index contributed by atoms with van der Waals surface area (Å²) in [4.78, 5) is 19.9. The number of ether oxygens (including phenoxy) is 1. The van der Waals surface area contributed by atoms with E-state index in [2.05, 4.69) is 30.9 Å². The van der Waals surface area contributed by atoms with Crippen molar-refractivity contribution in [3.63, 3.8) is 0 Å². The van der Waals surface area contributed by atoms with Crippen molar-refractivity contribution in [3.05, 3.63) is 23.1 Å². The van der Waals surface area contributed by atoms with Crippen LogP contribution >= 0.6 is 11.6 Å². The Morgan fingerprint density at radius 1 is 1.52 bits per heavy atom. The molecule has 1 amide bonds. The Hall–Kier alpha value is -2.26. The van der Waals surface area contributed by atoms with Crippen molar-refractivity contribution in [1.29, 1.82) is 0 Å². The van der Waals surface area contributed by atoms with Crippen LogP contribution in [0.3, 0.4) is 0 Å². The molecule has 10 heteroatoms. The molecule has 2 aromatic heterocycles. The largest absolute Gasteiger partial charge is 0.481 e. The normalized spacial score (nSPS) is 14.6. The van der Waals surface area contributed by atoms with Crippen molar-refractivity contribution in [1.82, 2.24) is 30.3 Å². The molecule has 1 saturated heterocycles. The van der Waals surface area contributed by atoms with Crippen molar-refractivity contribution in [3.8, 4) is 5.88 Å². The van der Waals surface area contributed by atoms with Crippen LogP contribution in [0.25, 0.3) is 0 Å². The molecule has 110 valence electrons. The molecular weight excluding hydrogens is 298 g/mol. The van der Waals surface area contributed by atoms with Gasteiger partial charge in [-0.25, -0.2) is 9.67 Å². The molecule has 9 nitrogen and oxygen atoms in total. The number of hydrogen-bond acceptors (Lipinski definition) is 7. The first kappa shape index (κ1) is 13.7. The molecule has 0 aliphatic carbocycles. The number of nitrogens with zero attached hydrogens (tertiary/aromatic N) is 5. The van der Waals surface area contributed by atoms with Gasteiger partial charge in [-0.2, -0.15) is 4.98 Å². The van der Waals surface area contributed by atoms with Gasteiger partial charge >= 0.3 is 0 Å². The molecular formula is C11H12ClN7O2. The fourth-order valence-electron chi connectivity index (χ4n) is 1.74. The maximum atomic E-state index is 12.1. The highest BCUT2D eigenvalue weighted by atomic mass is 35.5. The Bertz CT molecular complexity index is 670. The first-order chi connectivity index (χ1) is 10.2. The summed E-state index contributed by atoms with van der Waals surface area (Å²) in [5.41, 5.74) is 0.185. The van der Waals surface area contributed by atoms with Crippen molar-refractivity contribution >= 4 is 23.5 Å².